The molecule has 0 radical (unpaired) electrons. The van der Waals surface area contributed by atoms with Crippen LogP contribution in [0, 0.1) is 6.92 Å². The van der Waals surface area contributed by atoms with E-state index in [-0.39, 0.29) is 18.6 Å². The molecular formula is C21H19N3O4S. The Labute approximate surface area is 171 Å². The summed E-state index contributed by atoms with van der Waals surface area (Å²) in [6.45, 7) is 2.58. The number of likely N-dealkylation sites (tertiary alicyclic amines) is 1. The smallest absolute Gasteiger partial charge is 0.248 e. The molecule has 0 aliphatic carbocycles. The molecule has 29 heavy (non-hydrogen) atoms. The SMILES string of the molecule is Cc1ccc2nc(NC(=O)C3CCC(=O)N3Cc3ccc4c(c3)OCO4)sc2c1. The van der Waals surface area contributed by atoms with Crippen LogP contribution >= 0.6 is 11.3 Å². The quantitative estimate of drug-likeness (QED) is 0.714. The van der Waals surface area contributed by atoms with Crippen molar-refractivity contribution in [2.75, 3.05) is 12.1 Å². The Morgan fingerprint density at radius 2 is 2.10 bits per heavy atom. The van der Waals surface area contributed by atoms with E-state index in [4.69, 9.17) is 9.47 Å². The zero-order valence-corrected chi connectivity index (χ0v) is 16.6. The highest BCUT2D eigenvalue weighted by Gasteiger charge is 2.36. The minimum Gasteiger partial charge on any atom is -0.454 e. The molecule has 8 heteroatoms. The number of hydrogen-bond donors (Lipinski definition) is 1. The number of nitrogens with zero attached hydrogens (tertiary/aromatic N) is 2. The molecular weight excluding hydrogens is 390 g/mol. The van der Waals surface area contributed by atoms with E-state index in [0.29, 0.717) is 36.0 Å². The van der Waals surface area contributed by atoms with Gasteiger partial charge in [-0.05, 0) is 48.7 Å². The van der Waals surface area contributed by atoms with Crippen molar-refractivity contribution < 1.29 is 19.1 Å². The fourth-order valence-corrected chi connectivity index (χ4v) is 4.68. The molecule has 0 bridgehead atoms. The van der Waals surface area contributed by atoms with Gasteiger partial charge in [0.25, 0.3) is 0 Å². The number of benzene rings is 2. The van der Waals surface area contributed by atoms with Gasteiger partial charge in [0.05, 0.1) is 10.2 Å². The van der Waals surface area contributed by atoms with Crippen LogP contribution in [0.1, 0.15) is 24.0 Å². The summed E-state index contributed by atoms with van der Waals surface area (Å²) in [6.07, 6.45) is 0.862. The molecule has 2 amide bonds. The van der Waals surface area contributed by atoms with Gasteiger partial charge in [0, 0.05) is 13.0 Å². The van der Waals surface area contributed by atoms with E-state index in [2.05, 4.69) is 10.3 Å². The zero-order chi connectivity index (χ0) is 20.0. The van der Waals surface area contributed by atoms with Gasteiger partial charge in [0.1, 0.15) is 6.04 Å². The second-order valence-electron chi connectivity index (χ2n) is 7.24. The number of fused-ring (bicyclic) bond motifs is 2. The molecule has 7 nitrogen and oxygen atoms in total. The fourth-order valence-electron chi connectivity index (χ4n) is 3.71. The summed E-state index contributed by atoms with van der Waals surface area (Å²) in [7, 11) is 0. The average molecular weight is 409 g/mol. The molecule has 5 rings (SSSR count). The summed E-state index contributed by atoms with van der Waals surface area (Å²) < 4.78 is 11.8. The van der Waals surface area contributed by atoms with Gasteiger partial charge in [-0.25, -0.2) is 4.98 Å². The number of anilines is 1. The number of ether oxygens (including phenoxy) is 2. The van der Waals surface area contributed by atoms with Crippen LogP contribution in [-0.4, -0.2) is 34.5 Å². The minimum absolute atomic E-state index is 0.0252. The number of carbonyl (C=O) groups excluding carboxylic acids is 2. The number of carbonyl (C=O) groups is 2. The monoisotopic (exact) mass is 409 g/mol. The van der Waals surface area contributed by atoms with Gasteiger partial charge < -0.3 is 19.7 Å². The van der Waals surface area contributed by atoms with Gasteiger partial charge in [0.2, 0.25) is 18.6 Å². The molecule has 2 aliphatic rings. The first-order valence-corrected chi connectivity index (χ1v) is 10.2. The van der Waals surface area contributed by atoms with E-state index in [1.165, 1.54) is 11.3 Å². The van der Waals surface area contributed by atoms with Gasteiger partial charge in [-0.2, -0.15) is 0 Å². The summed E-state index contributed by atoms with van der Waals surface area (Å²) in [6, 6.07) is 11.1. The normalized spacial score (nSPS) is 17.9. The van der Waals surface area contributed by atoms with Gasteiger partial charge in [-0.15, -0.1) is 0 Å². The van der Waals surface area contributed by atoms with Crippen molar-refractivity contribution in [2.45, 2.75) is 32.4 Å². The lowest BCUT2D eigenvalue weighted by Crippen LogP contribution is -2.41. The molecule has 1 saturated heterocycles. The topological polar surface area (TPSA) is 80.8 Å². The number of thiazole rings is 1. The lowest BCUT2D eigenvalue weighted by molar-refractivity contribution is -0.133. The predicted octanol–water partition coefficient (Wildman–Crippen LogP) is 3.46. The van der Waals surface area contributed by atoms with Crippen molar-refractivity contribution in [1.82, 2.24) is 9.88 Å². The molecule has 1 aromatic heterocycles. The van der Waals surface area contributed by atoms with E-state index in [9.17, 15) is 9.59 Å². The number of aromatic nitrogens is 1. The third-order valence-corrected chi connectivity index (χ3v) is 6.13. The van der Waals surface area contributed by atoms with Crippen LogP contribution in [0.25, 0.3) is 10.2 Å². The van der Waals surface area contributed by atoms with Crippen LogP contribution < -0.4 is 14.8 Å². The number of hydrogen-bond acceptors (Lipinski definition) is 6. The summed E-state index contributed by atoms with van der Waals surface area (Å²) >= 11 is 1.44. The lowest BCUT2D eigenvalue weighted by Gasteiger charge is -2.23. The molecule has 2 aliphatic heterocycles. The van der Waals surface area contributed by atoms with E-state index in [1.54, 1.807) is 4.90 Å². The van der Waals surface area contributed by atoms with E-state index >= 15 is 0 Å². The molecule has 1 fully saturated rings. The van der Waals surface area contributed by atoms with Crippen molar-refractivity contribution in [3.05, 3.63) is 47.5 Å². The number of rotatable bonds is 4. The van der Waals surface area contributed by atoms with Crippen molar-refractivity contribution in [3.63, 3.8) is 0 Å². The molecule has 148 valence electrons. The average Bonchev–Trinajstić information content (AvgIpc) is 3.40. The Bertz CT molecular complexity index is 1130. The Balaban J connectivity index is 1.33. The largest absolute Gasteiger partial charge is 0.454 e. The first-order chi connectivity index (χ1) is 14.1. The first-order valence-electron chi connectivity index (χ1n) is 9.43. The summed E-state index contributed by atoms with van der Waals surface area (Å²) in [5.41, 5.74) is 2.91. The number of amides is 2. The summed E-state index contributed by atoms with van der Waals surface area (Å²) in [5, 5.41) is 3.45. The zero-order valence-electron chi connectivity index (χ0n) is 15.8. The fraction of sp³-hybridized carbons (Fsp3) is 0.286. The Morgan fingerprint density at radius 3 is 3.00 bits per heavy atom. The number of nitrogens with one attached hydrogen (secondary N) is 1. The predicted molar refractivity (Wildman–Crippen MR) is 109 cm³/mol. The Kier molecular flexibility index (Phi) is 4.35. The molecule has 3 heterocycles. The summed E-state index contributed by atoms with van der Waals surface area (Å²) in [5.74, 6) is 1.14. The molecule has 1 atom stereocenters. The van der Waals surface area contributed by atoms with Crippen molar-refractivity contribution in [1.29, 1.82) is 0 Å². The second kappa shape index (κ2) is 7.04. The van der Waals surface area contributed by atoms with Crippen LogP contribution in [0.15, 0.2) is 36.4 Å². The van der Waals surface area contributed by atoms with Crippen LogP contribution in [0.3, 0.4) is 0 Å². The highest BCUT2D eigenvalue weighted by molar-refractivity contribution is 7.22. The number of aryl methyl sites for hydroxylation is 1. The Morgan fingerprint density at radius 1 is 1.24 bits per heavy atom. The molecule has 3 aromatic rings. The van der Waals surface area contributed by atoms with Crippen LogP contribution in [0.4, 0.5) is 5.13 Å². The van der Waals surface area contributed by atoms with E-state index in [1.807, 2.05) is 43.3 Å². The molecule has 0 spiro atoms. The highest BCUT2D eigenvalue weighted by atomic mass is 32.1. The van der Waals surface area contributed by atoms with Crippen molar-refractivity contribution >= 4 is 38.5 Å². The minimum atomic E-state index is -0.512. The van der Waals surface area contributed by atoms with Crippen LogP contribution in [-0.2, 0) is 16.1 Å². The Hall–Kier alpha value is -3.13. The maximum absolute atomic E-state index is 12.9. The van der Waals surface area contributed by atoms with Gasteiger partial charge in [-0.3, -0.25) is 9.59 Å². The lowest BCUT2D eigenvalue weighted by atomic mass is 10.1. The molecule has 0 saturated carbocycles. The first kappa shape index (κ1) is 17.9. The van der Waals surface area contributed by atoms with Gasteiger partial charge >= 0.3 is 0 Å². The van der Waals surface area contributed by atoms with Crippen molar-refractivity contribution in [2.24, 2.45) is 0 Å². The maximum atomic E-state index is 12.9. The third kappa shape index (κ3) is 3.40. The molecule has 2 aromatic carbocycles. The second-order valence-corrected chi connectivity index (χ2v) is 8.27. The maximum Gasteiger partial charge on any atom is 0.248 e. The van der Waals surface area contributed by atoms with E-state index < -0.39 is 6.04 Å². The van der Waals surface area contributed by atoms with Crippen molar-refractivity contribution in [3.8, 4) is 11.5 Å². The molecule has 1 N–H and O–H groups in total. The van der Waals surface area contributed by atoms with Crippen LogP contribution in [0.5, 0.6) is 11.5 Å². The summed E-state index contributed by atoms with van der Waals surface area (Å²) in [4.78, 5) is 31.5. The standard InChI is InChI=1S/C21H19N3O4S/c1-12-2-4-14-18(8-12)29-21(22-14)23-20(26)15-5-7-19(25)24(15)10-13-3-6-16-17(9-13)28-11-27-16/h2-4,6,8-9,15H,5,7,10-11H2,1H3,(H,22,23,26). The van der Waals surface area contributed by atoms with Crippen LogP contribution in [0.2, 0.25) is 0 Å². The van der Waals surface area contributed by atoms with E-state index in [0.717, 1.165) is 21.3 Å². The van der Waals surface area contributed by atoms with Gasteiger partial charge in [0.15, 0.2) is 16.6 Å². The highest BCUT2D eigenvalue weighted by Crippen LogP contribution is 2.34. The van der Waals surface area contributed by atoms with Gasteiger partial charge in [-0.1, -0.05) is 23.5 Å². The molecule has 1 unspecified atom stereocenters. The third-order valence-electron chi connectivity index (χ3n) is 5.19.